The highest BCUT2D eigenvalue weighted by atomic mass is 32.1. The number of phenolic OH excluding ortho intramolecular Hbond substituents is 1. The number of benzene rings is 1. The average molecular weight is 198 g/mol. The van der Waals surface area contributed by atoms with Gasteiger partial charge in [-0.1, -0.05) is 0 Å². The first-order valence-electron chi connectivity index (χ1n) is 3.57. The Hall–Kier alpha value is -1.49. The Kier molecular flexibility index (Phi) is 2.92. The number of nitrogens with one attached hydrogen (secondary N) is 1. The van der Waals surface area contributed by atoms with Crippen LogP contribution in [0.1, 0.15) is 0 Å². The SMILES string of the molecule is COc1ccc(O)cc1NC(N)=S. The van der Waals surface area contributed by atoms with Gasteiger partial charge >= 0.3 is 0 Å². The van der Waals surface area contributed by atoms with Gasteiger partial charge in [-0.05, 0) is 24.4 Å². The number of nitrogens with two attached hydrogens (primary N) is 1. The van der Waals surface area contributed by atoms with Crippen molar-refractivity contribution in [1.82, 2.24) is 0 Å². The van der Waals surface area contributed by atoms with Crippen molar-refractivity contribution < 1.29 is 9.84 Å². The van der Waals surface area contributed by atoms with Crippen LogP contribution in [-0.2, 0) is 0 Å². The topological polar surface area (TPSA) is 67.5 Å². The Morgan fingerprint density at radius 1 is 1.62 bits per heavy atom. The average Bonchev–Trinajstić information content (AvgIpc) is 2.03. The molecule has 0 atom stereocenters. The third-order valence-corrected chi connectivity index (χ3v) is 1.54. The molecule has 0 spiro atoms. The summed E-state index contributed by atoms with van der Waals surface area (Å²) in [6.45, 7) is 0. The lowest BCUT2D eigenvalue weighted by Crippen LogP contribution is -2.19. The first-order chi connectivity index (χ1) is 6.13. The number of anilines is 1. The number of rotatable bonds is 2. The van der Waals surface area contributed by atoms with Gasteiger partial charge in [0.15, 0.2) is 5.11 Å². The van der Waals surface area contributed by atoms with Gasteiger partial charge in [0.1, 0.15) is 11.5 Å². The smallest absolute Gasteiger partial charge is 0.168 e. The van der Waals surface area contributed by atoms with Gasteiger partial charge in [-0.25, -0.2) is 0 Å². The maximum absolute atomic E-state index is 9.17. The molecule has 4 nitrogen and oxygen atoms in total. The van der Waals surface area contributed by atoms with Gasteiger partial charge in [-0.15, -0.1) is 0 Å². The highest BCUT2D eigenvalue weighted by molar-refractivity contribution is 7.80. The third kappa shape index (κ3) is 2.48. The minimum atomic E-state index is 0.125. The number of phenols is 1. The number of thiocarbonyl (C=S) groups is 1. The number of hydrogen-bond acceptors (Lipinski definition) is 3. The monoisotopic (exact) mass is 198 g/mol. The van der Waals surface area contributed by atoms with E-state index in [0.717, 1.165) is 0 Å². The Morgan fingerprint density at radius 2 is 2.31 bits per heavy atom. The first-order valence-corrected chi connectivity index (χ1v) is 3.98. The molecule has 0 bridgehead atoms. The number of methoxy groups -OCH3 is 1. The molecular formula is C8H10N2O2S. The van der Waals surface area contributed by atoms with Crippen LogP contribution in [0.15, 0.2) is 18.2 Å². The van der Waals surface area contributed by atoms with Crippen LogP contribution < -0.4 is 15.8 Å². The molecule has 0 aliphatic carbocycles. The Labute approximate surface area is 81.3 Å². The second kappa shape index (κ2) is 3.95. The van der Waals surface area contributed by atoms with Crippen molar-refractivity contribution in [3.63, 3.8) is 0 Å². The Morgan fingerprint density at radius 3 is 2.85 bits per heavy atom. The summed E-state index contributed by atoms with van der Waals surface area (Å²) in [4.78, 5) is 0. The van der Waals surface area contributed by atoms with Gasteiger partial charge in [0.2, 0.25) is 0 Å². The Balaban J connectivity index is 3.01. The van der Waals surface area contributed by atoms with E-state index in [4.69, 9.17) is 15.6 Å². The molecule has 13 heavy (non-hydrogen) atoms. The van der Waals surface area contributed by atoms with E-state index in [1.54, 1.807) is 6.07 Å². The van der Waals surface area contributed by atoms with E-state index in [1.165, 1.54) is 19.2 Å². The fourth-order valence-electron chi connectivity index (χ4n) is 0.926. The van der Waals surface area contributed by atoms with E-state index in [9.17, 15) is 0 Å². The van der Waals surface area contributed by atoms with Crippen molar-refractivity contribution in [2.75, 3.05) is 12.4 Å². The minimum Gasteiger partial charge on any atom is -0.508 e. The molecule has 4 N–H and O–H groups in total. The van der Waals surface area contributed by atoms with Crippen LogP contribution in [0.25, 0.3) is 0 Å². The molecular weight excluding hydrogens is 188 g/mol. The summed E-state index contributed by atoms with van der Waals surface area (Å²) in [5.74, 6) is 0.699. The molecule has 0 aliphatic rings. The second-order valence-electron chi connectivity index (χ2n) is 2.37. The molecule has 5 heteroatoms. The summed E-state index contributed by atoms with van der Waals surface area (Å²) < 4.78 is 5.01. The molecule has 1 aromatic rings. The van der Waals surface area contributed by atoms with E-state index in [2.05, 4.69) is 17.5 Å². The van der Waals surface area contributed by atoms with Crippen LogP contribution in [0.2, 0.25) is 0 Å². The molecule has 0 saturated carbocycles. The summed E-state index contributed by atoms with van der Waals surface area (Å²) >= 11 is 4.66. The lowest BCUT2D eigenvalue weighted by Gasteiger charge is -2.09. The molecule has 1 aromatic carbocycles. The van der Waals surface area contributed by atoms with Crippen LogP contribution in [0, 0.1) is 0 Å². The fourth-order valence-corrected chi connectivity index (χ4v) is 1.04. The molecule has 0 saturated heterocycles. The molecule has 0 unspecified atom stereocenters. The van der Waals surface area contributed by atoms with Crippen molar-refractivity contribution in [3.05, 3.63) is 18.2 Å². The predicted molar refractivity (Wildman–Crippen MR) is 55.1 cm³/mol. The van der Waals surface area contributed by atoms with Gasteiger partial charge in [0, 0.05) is 6.07 Å². The molecule has 0 radical (unpaired) electrons. The molecule has 0 aromatic heterocycles. The zero-order valence-corrected chi connectivity index (χ0v) is 7.89. The normalized spacial score (nSPS) is 9.31. The lowest BCUT2D eigenvalue weighted by atomic mass is 10.3. The quantitative estimate of drug-likeness (QED) is 0.620. The zero-order chi connectivity index (χ0) is 9.84. The summed E-state index contributed by atoms with van der Waals surface area (Å²) in [6.07, 6.45) is 0. The summed E-state index contributed by atoms with van der Waals surface area (Å²) in [7, 11) is 1.52. The molecule has 0 aliphatic heterocycles. The number of hydrogen-bond donors (Lipinski definition) is 3. The maximum atomic E-state index is 9.17. The van der Waals surface area contributed by atoms with E-state index in [1.807, 2.05) is 0 Å². The van der Waals surface area contributed by atoms with Crippen LogP contribution >= 0.6 is 12.2 Å². The van der Waals surface area contributed by atoms with Crippen molar-refractivity contribution >= 4 is 23.0 Å². The third-order valence-electron chi connectivity index (χ3n) is 1.44. The summed E-state index contributed by atoms with van der Waals surface area (Å²) in [5.41, 5.74) is 5.83. The molecule has 0 fully saturated rings. The van der Waals surface area contributed by atoms with E-state index < -0.39 is 0 Å². The van der Waals surface area contributed by atoms with Gasteiger partial charge in [0.25, 0.3) is 0 Å². The van der Waals surface area contributed by atoms with Crippen molar-refractivity contribution in [2.24, 2.45) is 5.73 Å². The molecule has 70 valence electrons. The van der Waals surface area contributed by atoms with Gasteiger partial charge in [-0.3, -0.25) is 0 Å². The van der Waals surface area contributed by atoms with Crippen LogP contribution in [0.3, 0.4) is 0 Å². The number of ether oxygens (including phenoxy) is 1. The highest BCUT2D eigenvalue weighted by Crippen LogP contribution is 2.27. The van der Waals surface area contributed by atoms with Gasteiger partial charge in [-0.2, -0.15) is 0 Å². The number of aromatic hydroxyl groups is 1. The minimum absolute atomic E-state index is 0.125. The zero-order valence-electron chi connectivity index (χ0n) is 7.07. The van der Waals surface area contributed by atoms with Crippen LogP contribution in [-0.4, -0.2) is 17.3 Å². The van der Waals surface area contributed by atoms with Crippen LogP contribution in [0.5, 0.6) is 11.5 Å². The maximum Gasteiger partial charge on any atom is 0.168 e. The van der Waals surface area contributed by atoms with Crippen molar-refractivity contribution in [3.8, 4) is 11.5 Å². The highest BCUT2D eigenvalue weighted by Gasteiger charge is 2.03. The van der Waals surface area contributed by atoms with Crippen molar-refractivity contribution in [2.45, 2.75) is 0 Å². The summed E-state index contributed by atoms with van der Waals surface area (Å²) in [6, 6.07) is 4.62. The van der Waals surface area contributed by atoms with Crippen LogP contribution in [0.4, 0.5) is 5.69 Å². The van der Waals surface area contributed by atoms with E-state index in [-0.39, 0.29) is 10.9 Å². The second-order valence-corrected chi connectivity index (χ2v) is 2.81. The van der Waals surface area contributed by atoms with Gasteiger partial charge < -0.3 is 20.9 Å². The molecule has 0 amide bonds. The lowest BCUT2D eigenvalue weighted by molar-refractivity contribution is 0.414. The largest absolute Gasteiger partial charge is 0.508 e. The fraction of sp³-hybridized carbons (Fsp3) is 0.125. The standard InChI is InChI=1S/C8H10N2O2S/c1-12-7-3-2-5(11)4-6(7)10-8(9)13/h2-4,11H,1H3,(H3,9,10,13). The van der Waals surface area contributed by atoms with Gasteiger partial charge in [0.05, 0.1) is 12.8 Å². The molecule has 0 heterocycles. The van der Waals surface area contributed by atoms with Crippen molar-refractivity contribution in [1.29, 1.82) is 0 Å². The Bertz CT molecular complexity index is 328. The van der Waals surface area contributed by atoms with E-state index >= 15 is 0 Å². The molecule has 1 rings (SSSR count). The van der Waals surface area contributed by atoms with E-state index in [0.29, 0.717) is 11.4 Å². The first kappa shape index (κ1) is 9.60. The predicted octanol–water partition coefficient (Wildman–Crippen LogP) is 1.06. The summed E-state index contributed by atoms with van der Waals surface area (Å²) in [5, 5.41) is 12.0.